The zero-order valence-corrected chi connectivity index (χ0v) is 18.0. The molecule has 0 amide bonds. The van der Waals surface area contributed by atoms with Gasteiger partial charge in [0.05, 0.1) is 29.0 Å². The minimum absolute atomic E-state index is 0.205. The van der Waals surface area contributed by atoms with Crippen LogP contribution < -0.4 is 14.9 Å². The van der Waals surface area contributed by atoms with Gasteiger partial charge in [-0.25, -0.2) is 9.79 Å². The molecule has 0 fully saturated rings. The summed E-state index contributed by atoms with van der Waals surface area (Å²) < 4.78 is 7.16. The van der Waals surface area contributed by atoms with Crippen molar-refractivity contribution in [3.63, 3.8) is 0 Å². The number of benzene rings is 2. The van der Waals surface area contributed by atoms with E-state index in [4.69, 9.17) is 16.3 Å². The number of halogens is 1. The summed E-state index contributed by atoms with van der Waals surface area (Å²) in [6.45, 7) is 1.93. The first-order chi connectivity index (χ1) is 14.5. The summed E-state index contributed by atoms with van der Waals surface area (Å²) in [7, 11) is 1.34. The Kier molecular flexibility index (Phi) is 5.70. The molecule has 30 heavy (non-hydrogen) atoms. The summed E-state index contributed by atoms with van der Waals surface area (Å²) in [5, 5.41) is 0.597. The van der Waals surface area contributed by atoms with E-state index in [1.165, 1.54) is 18.4 Å². The molecule has 2 heterocycles. The summed E-state index contributed by atoms with van der Waals surface area (Å²) >= 11 is 7.39. The van der Waals surface area contributed by atoms with E-state index in [-0.39, 0.29) is 5.56 Å². The van der Waals surface area contributed by atoms with E-state index in [9.17, 15) is 9.59 Å². The Morgan fingerprint density at radius 1 is 1.23 bits per heavy atom. The number of thiazole rings is 1. The van der Waals surface area contributed by atoms with Crippen LogP contribution in [0.1, 0.15) is 30.5 Å². The Morgan fingerprint density at radius 2 is 2.00 bits per heavy atom. The molecule has 1 aliphatic rings. The molecule has 1 atom stereocenters. The lowest BCUT2D eigenvalue weighted by atomic mass is 9.95. The molecule has 2 aromatic carbocycles. The number of ether oxygens (including phenoxy) is 1. The molecule has 152 valence electrons. The van der Waals surface area contributed by atoms with Gasteiger partial charge in [0.15, 0.2) is 4.80 Å². The van der Waals surface area contributed by atoms with E-state index >= 15 is 0 Å². The first-order valence-electron chi connectivity index (χ1n) is 9.47. The van der Waals surface area contributed by atoms with Crippen LogP contribution >= 0.6 is 22.9 Å². The van der Waals surface area contributed by atoms with Gasteiger partial charge in [-0.15, -0.1) is 0 Å². The van der Waals surface area contributed by atoms with E-state index in [1.54, 1.807) is 22.8 Å². The Hall–Kier alpha value is -2.96. The lowest BCUT2D eigenvalue weighted by molar-refractivity contribution is -0.136. The van der Waals surface area contributed by atoms with Gasteiger partial charge >= 0.3 is 5.97 Å². The Balaban J connectivity index is 2.01. The van der Waals surface area contributed by atoms with Crippen molar-refractivity contribution in [2.75, 3.05) is 7.11 Å². The number of carbonyl (C=O) groups is 1. The standard InChI is InChI=1S/C23H19ClN2O3S/c1-3-17-19(22(28)29-2)20(15-9-5-4-6-10-15)26-21(27)18(30-23(26)25-17)13-14-8-7-11-16(24)12-14/h4-13,20H,3H2,1-2H3/b18-13-/t20-/m1/s1. The van der Waals surface area contributed by atoms with E-state index in [0.717, 1.165) is 11.1 Å². The van der Waals surface area contributed by atoms with Crippen molar-refractivity contribution in [1.29, 1.82) is 0 Å². The van der Waals surface area contributed by atoms with Gasteiger partial charge in [-0.2, -0.15) is 0 Å². The maximum Gasteiger partial charge on any atom is 0.338 e. The van der Waals surface area contributed by atoms with Crippen LogP contribution in [0.25, 0.3) is 6.08 Å². The van der Waals surface area contributed by atoms with Gasteiger partial charge in [0, 0.05) is 5.02 Å². The summed E-state index contributed by atoms with van der Waals surface area (Å²) in [6.07, 6.45) is 2.35. The Bertz CT molecular complexity index is 1320. The number of aromatic nitrogens is 1. The van der Waals surface area contributed by atoms with Crippen molar-refractivity contribution in [1.82, 2.24) is 4.57 Å². The lowest BCUT2D eigenvalue weighted by Gasteiger charge is -2.25. The van der Waals surface area contributed by atoms with Crippen LogP contribution in [-0.4, -0.2) is 17.6 Å². The van der Waals surface area contributed by atoms with Crippen molar-refractivity contribution in [2.24, 2.45) is 4.99 Å². The minimum atomic E-state index is -0.591. The molecule has 0 bridgehead atoms. The van der Waals surface area contributed by atoms with Crippen molar-refractivity contribution in [3.8, 4) is 0 Å². The topological polar surface area (TPSA) is 60.7 Å². The number of rotatable bonds is 4. The SMILES string of the molecule is CCC1=C(C(=O)OC)[C@@H](c2ccccc2)n2c(s/c(=C\c3cccc(Cl)c3)c2=O)=N1. The predicted octanol–water partition coefficient (Wildman–Crippen LogP) is 3.45. The quantitative estimate of drug-likeness (QED) is 0.586. The number of fused-ring (bicyclic) bond motifs is 1. The van der Waals surface area contributed by atoms with Gasteiger partial charge in [0.25, 0.3) is 5.56 Å². The van der Waals surface area contributed by atoms with E-state index in [1.807, 2.05) is 49.4 Å². The average molecular weight is 439 g/mol. The molecule has 0 saturated heterocycles. The molecule has 3 aromatic rings. The van der Waals surface area contributed by atoms with E-state index in [0.29, 0.717) is 32.0 Å². The Morgan fingerprint density at radius 3 is 2.67 bits per heavy atom. The molecule has 4 rings (SSSR count). The van der Waals surface area contributed by atoms with Crippen molar-refractivity contribution in [2.45, 2.75) is 19.4 Å². The highest BCUT2D eigenvalue weighted by Gasteiger charge is 2.33. The molecule has 0 unspecified atom stereocenters. The summed E-state index contributed by atoms with van der Waals surface area (Å²) in [4.78, 5) is 31.3. The molecular formula is C23H19ClN2O3S. The van der Waals surface area contributed by atoms with Crippen LogP contribution in [0.5, 0.6) is 0 Å². The number of allylic oxidation sites excluding steroid dienone is 1. The van der Waals surface area contributed by atoms with Crippen molar-refractivity contribution in [3.05, 3.63) is 102 Å². The fourth-order valence-corrected chi connectivity index (χ4v) is 4.78. The van der Waals surface area contributed by atoms with Crippen LogP contribution in [0.4, 0.5) is 0 Å². The van der Waals surface area contributed by atoms with Crippen molar-refractivity contribution >= 4 is 35.0 Å². The van der Waals surface area contributed by atoms with Crippen molar-refractivity contribution < 1.29 is 9.53 Å². The maximum absolute atomic E-state index is 13.4. The number of carbonyl (C=O) groups excluding carboxylic acids is 1. The lowest BCUT2D eigenvalue weighted by Crippen LogP contribution is -2.40. The molecule has 1 aromatic heterocycles. The highest BCUT2D eigenvalue weighted by Crippen LogP contribution is 2.31. The summed E-state index contributed by atoms with van der Waals surface area (Å²) in [5.41, 5.74) is 2.48. The molecule has 0 spiro atoms. The van der Waals surface area contributed by atoms with Crippen LogP contribution in [0, 0.1) is 0 Å². The molecule has 0 aliphatic carbocycles. The second-order valence-corrected chi connectivity index (χ2v) is 8.20. The van der Waals surface area contributed by atoms with E-state index < -0.39 is 12.0 Å². The molecule has 7 heteroatoms. The fraction of sp³-hybridized carbons (Fsp3) is 0.174. The van der Waals surface area contributed by atoms with Gasteiger partial charge < -0.3 is 4.74 Å². The van der Waals surface area contributed by atoms with Gasteiger partial charge in [-0.3, -0.25) is 9.36 Å². The Labute approximate surface area is 182 Å². The van der Waals surface area contributed by atoms with Gasteiger partial charge in [0.1, 0.15) is 0 Å². The molecule has 5 nitrogen and oxygen atoms in total. The molecule has 1 aliphatic heterocycles. The second kappa shape index (κ2) is 8.42. The van der Waals surface area contributed by atoms with Gasteiger partial charge in [0.2, 0.25) is 0 Å². The number of nitrogens with zero attached hydrogens (tertiary/aromatic N) is 2. The van der Waals surface area contributed by atoms with Crippen LogP contribution in [0.15, 0.2) is 75.7 Å². The zero-order chi connectivity index (χ0) is 21.3. The first kappa shape index (κ1) is 20.3. The monoisotopic (exact) mass is 438 g/mol. The summed E-state index contributed by atoms with van der Waals surface area (Å²) in [5.74, 6) is -0.478. The third-order valence-electron chi connectivity index (χ3n) is 4.91. The highest BCUT2D eigenvalue weighted by atomic mass is 35.5. The van der Waals surface area contributed by atoms with Gasteiger partial charge in [-0.05, 0) is 35.8 Å². The summed E-state index contributed by atoms with van der Waals surface area (Å²) in [6, 6.07) is 16.2. The fourth-order valence-electron chi connectivity index (χ4n) is 3.56. The van der Waals surface area contributed by atoms with Crippen LogP contribution in [-0.2, 0) is 9.53 Å². The predicted molar refractivity (Wildman–Crippen MR) is 118 cm³/mol. The molecular weight excluding hydrogens is 420 g/mol. The maximum atomic E-state index is 13.4. The largest absolute Gasteiger partial charge is 0.466 e. The molecule has 0 radical (unpaired) electrons. The zero-order valence-electron chi connectivity index (χ0n) is 16.5. The molecule has 0 saturated carbocycles. The number of methoxy groups -OCH3 is 1. The van der Waals surface area contributed by atoms with E-state index in [2.05, 4.69) is 4.99 Å². The smallest absolute Gasteiger partial charge is 0.338 e. The number of hydrogen-bond donors (Lipinski definition) is 0. The number of hydrogen-bond acceptors (Lipinski definition) is 5. The number of esters is 1. The first-order valence-corrected chi connectivity index (χ1v) is 10.7. The normalized spacial score (nSPS) is 16.2. The highest BCUT2D eigenvalue weighted by molar-refractivity contribution is 7.07. The minimum Gasteiger partial charge on any atom is -0.466 e. The van der Waals surface area contributed by atoms with Crippen LogP contribution in [0.3, 0.4) is 0 Å². The van der Waals surface area contributed by atoms with Gasteiger partial charge in [-0.1, -0.05) is 72.3 Å². The molecule has 0 N–H and O–H groups in total. The third-order valence-corrected chi connectivity index (χ3v) is 6.13. The average Bonchev–Trinajstić information content (AvgIpc) is 3.07. The second-order valence-electron chi connectivity index (χ2n) is 6.75. The third kappa shape index (κ3) is 3.64. The van der Waals surface area contributed by atoms with Crippen LogP contribution in [0.2, 0.25) is 5.02 Å².